The number of benzene rings is 2. The average molecular weight is 687 g/mol. The fraction of sp³-hybridized carbons (Fsp3) is 0.500. The van der Waals surface area contributed by atoms with Crippen molar-refractivity contribution in [3.05, 3.63) is 42.0 Å². The summed E-state index contributed by atoms with van der Waals surface area (Å²) in [6, 6.07) is 10.6. The number of ether oxygens (including phenoxy) is 2. The number of nitrogens with zero attached hydrogens (tertiary/aromatic N) is 5. The summed E-state index contributed by atoms with van der Waals surface area (Å²) < 4.78 is 12.5. The molecule has 6 rings (SSSR count). The summed E-state index contributed by atoms with van der Waals surface area (Å²) >= 11 is 0. The van der Waals surface area contributed by atoms with Gasteiger partial charge in [-0.2, -0.15) is 0 Å². The highest BCUT2D eigenvalue weighted by molar-refractivity contribution is 6.03. The standard InChI is InChI=1S/C36H46N8O6/c1-3-49-34(47)23-8-6-16-42(20-23)25-12-13-27-26(19-25)31-40-28-18-22(33(46)43-17-7-9-24(21-43)35(48)50-4-2)11-14-29(28)44(31)30(32(45)41-27)10-5-15-39-36(37)38/h11-14,18-19,23-24,30H,3-10,15-17,20-21H2,1-2H3,(H,41,45)(H4,37,38,39). The highest BCUT2D eigenvalue weighted by Crippen LogP contribution is 2.40. The fourth-order valence-corrected chi connectivity index (χ4v) is 7.31. The highest BCUT2D eigenvalue weighted by Gasteiger charge is 2.34. The lowest BCUT2D eigenvalue weighted by Gasteiger charge is -2.33. The van der Waals surface area contributed by atoms with Gasteiger partial charge in [0.25, 0.3) is 5.91 Å². The van der Waals surface area contributed by atoms with Gasteiger partial charge in [0.1, 0.15) is 11.9 Å². The Morgan fingerprint density at radius 3 is 2.40 bits per heavy atom. The lowest BCUT2D eigenvalue weighted by molar-refractivity contribution is -0.150. The molecule has 4 heterocycles. The number of piperidine rings is 2. The van der Waals surface area contributed by atoms with Gasteiger partial charge in [0.05, 0.1) is 41.8 Å². The van der Waals surface area contributed by atoms with Crippen LogP contribution in [0.3, 0.4) is 0 Å². The number of nitrogens with one attached hydrogen (secondary N) is 1. The van der Waals surface area contributed by atoms with E-state index in [-0.39, 0.29) is 41.5 Å². The van der Waals surface area contributed by atoms with Crippen LogP contribution in [0, 0.1) is 11.8 Å². The van der Waals surface area contributed by atoms with Crippen LogP contribution in [0.2, 0.25) is 0 Å². The lowest BCUT2D eigenvalue weighted by Crippen LogP contribution is -2.42. The van der Waals surface area contributed by atoms with Crippen LogP contribution >= 0.6 is 0 Å². The molecule has 2 fully saturated rings. The second-order valence-electron chi connectivity index (χ2n) is 13.1. The second-order valence-corrected chi connectivity index (χ2v) is 13.1. The molecule has 3 aliphatic rings. The number of carbonyl (C=O) groups excluding carboxylic acids is 4. The second kappa shape index (κ2) is 15.2. The summed E-state index contributed by atoms with van der Waals surface area (Å²) in [4.78, 5) is 65.7. The van der Waals surface area contributed by atoms with Crippen molar-refractivity contribution in [3.63, 3.8) is 0 Å². The molecule has 3 atom stereocenters. The van der Waals surface area contributed by atoms with E-state index in [4.69, 9.17) is 25.9 Å². The third-order valence-corrected chi connectivity index (χ3v) is 9.72. The van der Waals surface area contributed by atoms with Gasteiger partial charge in [-0.05, 0) is 88.8 Å². The van der Waals surface area contributed by atoms with E-state index in [1.807, 2.05) is 35.8 Å². The molecule has 2 aromatic carbocycles. The van der Waals surface area contributed by atoms with Crippen molar-refractivity contribution < 1.29 is 28.7 Å². The van der Waals surface area contributed by atoms with Crippen LogP contribution in [0.4, 0.5) is 11.4 Å². The van der Waals surface area contributed by atoms with Crippen molar-refractivity contribution in [1.29, 1.82) is 0 Å². The molecule has 3 aromatic rings. The minimum absolute atomic E-state index is 0.00795. The van der Waals surface area contributed by atoms with E-state index in [0.717, 1.165) is 30.6 Å². The summed E-state index contributed by atoms with van der Waals surface area (Å²) in [5.41, 5.74) is 15.1. The lowest BCUT2D eigenvalue weighted by atomic mass is 9.97. The number of imidazole rings is 1. The van der Waals surface area contributed by atoms with Crippen molar-refractivity contribution in [2.75, 3.05) is 56.2 Å². The summed E-state index contributed by atoms with van der Waals surface area (Å²) in [5.74, 6) is -0.823. The monoisotopic (exact) mass is 686 g/mol. The maximum Gasteiger partial charge on any atom is 0.310 e. The molecule has 1 aromatic heterocycles. The van der Waals surface area contributed by atoms with Gasteiger partial charge in [0.15, 0.2) is 5.96 Å². The van der Waals surface area contributed by atoms with Crippen LogP contribution in [-0.4, -0.2) is 90.1 Å². The van der Waals surface area contributed by atoms with Gasteiger partial charge in [-0.25, -0.2) is 4.98 Å². The quantitative estimate of drug-likeness (QED) is 0.123. The number of aromatic nitrogens is 2. The van der Waals surface area contributed by atoms with Gasteiger partial charge in [-0.15, -0.1) is 0 Å². The number of anilines is 2. The minimum Gasteiger partial charge on any atom is -0.466 e. The maximum atomic E-state index is 13.9. The van der Waals surface area contributed by atoms with Crippen LogP contribution in [-0.2, 0) is 23.9 Å². The van der Waals surface area contributed by atoms with Crippen LogP contribution in [0.15, 0.2) is 41.4 Å². The highest BCUT2D eigenvalue weighted by atomic mass is 16.5. The van der Waals surface area contributed by atoms with Gasteiger partial charge in [0.2, 0.25) is 5.91 Å². The number of guanidine groups is 1. The van der Waals surface area contributed by atoms with Crippen molar-refractivity contribution in [3.8, 4) is 11.4 Å². The van der Waals surface area contributed by atoms with Gasteiger partial charge >= 0.3 is 11.9 Å². The first-order chi connectivity index (χ1) is 24.2. The normalized spacial score (nSPS) is 20.3. The Balaban J connectivity index is 1.37. The van der Waals surface area contributed by atoms with E-state index in [1.165, 1.54) is 0 Å². The number of likely N-dealkylation sites (tertiary alicyclic amines) is 1. The molecule has 2 amide bonds. The average Bonchev–Trinajstić information content (AvgIpc) is 3.44. The zero-order chi connectivity index (χ0) is 35.4. The first-order valence-electron chi connectivity index (χ1n) is 17.6. The van der Waals surface area contributed by atoms with Crippen molar-refractivity contribution in [1.82, 2.24) is 14.5 Å². The number of hydrogen-bond donors (Lipinski definition) is 3. The number of nitrogens with two attached hydrogens (primary N) is 2. The molecule has 5 N–H and O–H groups in total. The van der Waals surface area contributed by atoms with Crippen molar-refractivity contribution in [2.24, 2.45) is 28.3 Å². The Labute approximate surface area is 291 Å². The fourth-order valence-electron chi connectivity index (χ4n) is 7.31. The Bertz CT molecular complexity index is 1800. The largest absolute Gasteiger partial charge is 0.466 e. The van der Waals surface area contributed by atoms with Gasteiger partial charge in [-0.3, -0.25) is 24.2 Å². The Morgan fingerprint density at radius 1 is 0.960 bits per heavy atom. The van der Waals surface area contributed by atoms with Crippen LogP contribution in [0.25, 0.3) is 22.4 Å². The molecule has 266 valence electrons. The Hall–Kier alpha value is -5.14. The summed E-state index contributed by atoms with van der Waals surface area (Å²) in [7, 11) is 0. The minimum atomic E-state index is -0.628. The molecule has 0 saturated carbocycles. The number of amides is 2. The van der Waals surface area contributed by atoms with E-state index in [1.54, 1.807) is 24.0 Å². The van der Waals surface area contributed by atoms with Crippen LogP contribution in [0.5, 0.6) is 0 Å². The molecule has 0 radical (unpaired) electrons. The molecule has 3 aliphatic heterocycles. The first kappa shape index (κ1) is 34.7. The van der Waals surface area contributed by atoms with E-state index in [9.17, 15) is 19.2 Å². The van der Waals surface area contributed by atoms with Crippen molar-refractivity contribution in [2.45, 2.75) is 58.4 Å². The molecular formula is C36H46N8O6. The molecular weight excluding hydrogens is 640 g/mol. The van der Waals surface area contributed by atoms with Crippen molar-refractivity contribution >= 4 is 52.1 Å². The maximum absolute atomic E-state index is 13.9. The smallest absolute Gasteiger partial charge is 0.310 e. The third kappa shape index (κ3) is 7.24. The van der Waals surface area contributed by atoms with E-state index >= 15 is 0 Å². The Kier molecular flexibility index (Phi) is 10.5. The molecule has 0 aliphatic carbocycles. The molecule has 0 spiro atoms. The van der Waals surface area contributed by atoms with Crippen LogP contribution in [0.1, 0.15) is 68.8 Å². The number of aliphatic imine (C=N–C) groups is 1. The van der Waals surface area contributed by atoms with E-state index < -0.39 is 6.04 Å². The number of carbonyl (C=O) groups is 4. The molecule has 14 heteroatoms. The van der Waals surface area contributed by atoms with Gasteiger partial charge < -0.3 is 40.6 Å². The number of rotatable bonds is 10. The van der Waals surface area contributed by atoms with Gasteiger partial charge in [-0.1, -0.05) is 0 Å². The first-order valence-corrected chi connectivity index (χ1v) is 17.6. The molecule has 3 unspecified atom stereocenters. The zero-order valence-electron chi connectivity index (χ0n) is 28.7. The molecule has 50 heavy (non-hydrogen) atoms. The number of fused-ring (bicyclic) bond motifs is 5. The molecule has 0 bridgehead atoms. The summed E-state index contributed by atoms with van der Waals surface area (Å²) in [6.07, 6.45) is 4.01. The predicted molar refractivity (Wildman–Crippen MR) is 190 cm³/mol. The number of esters is 2. The summed E-state index contributed by atoms with van der Waals surface area (Å²) in [6.45, 7) is 6.77. The van der Waals surface area contributed by atoms with E-state index in [2.05, 4.69) is 15.2 Å². The Morgan fingerprint density at radius 2 is 1.68 bits per heavy atom. The van der Waals surface area contributed by atoms with Crippen LogP contribution < -0.4 is 21.7 Å². The zero-order valence-corrected chi connectivity index (χ0v) is 28.7. The predicted octanol–water partition coefficient (Wildman–Crippen LogP) is 3.44. The number of hydrogen-bond acceptors (Lipinski definition) is 9. The molecule has 14 nitrogen and oxygen atoms in total. The SMILES string of the molecule is CCOC(=O)C1CCCN(C(=O)c2ccc3c(c2)nc2n3C(CCCN=C(N)N)C(=O)Nc3ccc(N4CCCC(C(=O)OCC)C4)cc3-2)C1. The summed E-state index contributed by atoms with van der Waals surface area (Å²) in [5, 5.41) is 3.11. The van der Waals surface area contributed by atoms with E-state index in [0.29, 0.717) is 93.2 Å². The van der Waals surface area contributed by atoms with Gasteiger partial charge in [0, 0.05) is 49.5 Å². The topological polar surface area (TPSA) is 187 Å². The third-order valence-electron chi connectivity index (χ3n) is 9.72. The molecule has 2 saturated heterocycles.